The molecule has 110 valence electrons. The van der Waals surface area contributed by atoms with Crippen molar-refractivity contribution in [2.45, 2.75) is 13.5 Å². The van der Waals surface area contributed by atoms with Crippen LogP contribution >= 0.6 is 0 Å². The Morgan fingerprint density at radius 1 is 1.33 bits per heavy atom. The molecule has 0 atom stereocenters. The number of benzene rings is 1. The van der Waals surface area contributed by atoms with Crippen LogP contribution in [0.2, 0.25) is 0 Å². The number of hydrogen-bond acceptors (Lipinski definition) is 5. The lowest BCUT2D eigenvalue weighted by Gasteiger charge is -2.03. The van der Waals surface area contributed by atoms with Crippen LogP contribution in [0.5, 0.6) is 0 Å². The normalized spacial score (nSPS) is 11.2. The minimum absolute atomic E-state index is 0.0471. The molecule has 1 aromatic heterocycles. The zero-order valence-corrected chi connectivity index (χ0v) is 12.5. The molecule has 0 fully saturated rings. The highest BCUT2D eigenvalue weighted by molar-refractivity contribution is 7.91. The molecule has 2 rings (SSSR count). The molecule has 0 spiro atoms. The van der Waals surface area contributed by atoms with Crippen molar-refractivity contribution in [2.75, 3.05) is 17.2 Å². The van der Waals surface area contributed by atoms with Gasteiger partial charge in [-0.1, -0.05) is 37.3 Å². The number of sulfone groups is 1. The highest BCUT2D eigenvalue weighted by atomic mass is 32.2. The topological polar surface area (TPSA) is 102 Å². The van der Waals surface area contributed by atoms with Gasteiger partial charge in [-0.15, -0.1) is 0 Å². The van der Waals surface area contributed by atoms with E-state index < -0.39 is 9.84 Å². The third-order valence-corrected chi connectivity index (χ3v) is 4.89. The molecule has 0 radical (unpaired) electrons. The van der Waals surface area contributed by atoms with Crippen molar-refractivity contribution in [3.63, 3.8) is 0 Å². The lowest BCUT2D eigenvalue weighted by Crippen LogP contribution is -2.16. The van der Waals surface area contributed by atoms with E-state index >= 15 is 0 Å². The smallest absolute Gasteiger partial charge is 0.151 e. The number of nitrogen functional groups attached to an aromatic ring is 1. The average Bonchev–Trinajstić information content (AvgIpc) is 2.82. The predicted molar refractivity (Wildman–Crippen MR) is 81.1 cm³/mol. The van der Waals surface area contributed by atoms with Crippen LogP contribution in [0.4, 0.5) is 5.82 Å². The Morgan fingerprint density at radius 3 is 2.57 bits per heavy atom. The van der Waals surface area contributed by atoms with Crippen LogP contribution in [0.3, 0.4) is 0 Å². The second kappa shape index (κ2) is 5.97. The van der Waals surface area contributed by atoms with Crippen LogP contribution in [-0.2, 0) is 16.4 Å². The Bertz CT molecular complexity index is 773. The van der Waals surface area contributed by atoms with Gasteiger partial charge in [0.05, 0.1) is 12.3 Å². The maximum Gasteiger partial charge on any atom is 0.151 e. The third-order valence-electron chi connectivity index (χ3n) is 3.20. The van der Waals surface area contributed by atoms with Crippen LogP contribution < -0.4 is 5.73 Å². The van der Waals surface area contributed by atoms with Gasteiger partial charge in [-0.3, -0.25) is 0 Å². The van der Waals surface area contributed by atoms with Gasteiger partial charge < -0.3 is 5.73 Å². The average molecular weight is 304 g/mol. The van der Waals surface area contributed by atoms with Crippen molar-refractivity contribution < 1.29 is 8.42 Å². The molecule has 6 nitrogen and oxygen atoms in total. The Labute approximate surface area is 123 Å². The van der Waals surface area contributed by atoms with Gasteiger partial charge in [0.1, 0.15) is 23.1 Å². The number of hydrogen-bond donors (Lipinski definition) is 1. The molecular weight excluding hydrogens is 288 g/mol. The summed E-state index contributed by atoms with van der Waals surface area (Å²) >= 11 is 0. The molecule has 0 bridgehead atoms. The molecular formula is C14H16N4O2S. The van der Waals surface area contributed by atoms with Gasteiger partial charge in [0, 0.05) is 11.3 Å². The molecule has 2 N–H and O–H groups in total. The Balaban J connectivity index is 2.38. The zero-order valence-electron chi connectivity index (χ0n) is 11.7. The molecule has 1 aromatic carbocycles. The van der Waals surface area contributed by atoms with E-state index in [9.17, 15) is 13.7 Å². The van der Waals surface area contributed by atoms with E-state index in [2.05, 4.69) is 5.10 Å². The second-order valence-corrected chi connectivity index (χ2v) is 7.02. The van der Waals surface area contributed by atoms with E-state index in [0.29, 0.717) is 5.69 Å². The first-order valence-electron chi connectivity index (χ1n) is 6.50. The summed E-state index contributed by atoms with van der Waals surface area (Å²) in [6, 6.07) is 11.2. The summed E-state index contributed by atoms with van der Waals surface area (Å²) in [4.78, 5) is 0. The summed E-state index contributed by atoms with van der Waals surface area (Å²) < 4.78 is 24.5. The minimum atomic E-state index is -3.11. The van der Waals surface area contributed by atoms with E-state index in [-0.39, 0.29) is 29.4 Å². The minimum Gasteiger partial charge on any atom is -0.383 e. The fourth-order valence-corrected chi connectivity index (χ4v) is 2.66. The maximum absolute atomic E-state index is 11.6. The van der Waals surface area contributed by atoms with Gasteiger partial charge in [-0.2, -0.15) is 10.4 Å². The molecule has 0 saturated heterocycles. The van der Waals surface area contributed by atoms with Crippen molar-refractivity contribution >= 4 is 15.7 Å². The summed E-state index contributed by atoms with van der Waals surface area (Å²) in [5, 5.41) is 13.5. The van der Waals surface area contributed by atoms with Crippen LogP contribution in [0.15, 0.2) is 30.3 Å². The number of nitrogens with zero attached hydrogens (tertiary/aromatic N) is 3. The first kappa shape index (κ1) is 15.1. The van der Waals surface area contributed by atoms with Crippen LogP contribution in [-0.4, -0.2) is 29.7 Å². The standard InChI is InChI=1S/C14H16N4O2S/c1-2-21(19,20)9-8-18-14(16)12(10-15)13(17-18)11-6-4-3-5-7-11/h3-7H,2,8-9,16H2,1H3. The van der Waals surface area contributed by atoms with Crippen molar-refractivity contribution in [3.8, 4) is 17.3 Å². The summed E-state index contributed by atoms with van der Waals surface area (Å²) in [7, 11) is -3.11. The van der Waals surface area contributed by atoms with E-state index in [4.69, 9.17) is 5.73 Å². The number of nitrogens with two attached hydrogens (primary N) is 1. The van der Waals surface area contributed by atoms with Crippen molar-refractivity contribution in [2.24, 2.45) is 0 Å². The van der Waals surface area contributed by atoms with E-state index in [1.54, 1.807) is 6.92 Å². The molecule has 0 amide bonds. The number of aromatic nitrogens is 2. The quantitative estimate of drug-likeness (QED) is 0.900. The first-order chi connectivity index (χ1) is 9.98. The molecule has 0 unspecified atom stereocenters. The molecule has 0 saturated carbocycles. The highest BCUT2D eigenvalue weighted by Crippen LogP contribution is 2.26. The first-order valence-corrected chi connectivity index (χ1v) is 8.33. The lowest BCUT2D eigenvalue weighted by molar-refractivity contribution is 0.583. The molecule has 7 heteroatoms. The fourth-order valence-electron chi connectivity index (χ4n) is 1.92. The maximum atomic E-state index is 11.6. The summed E-state index contributed by atoms with van der Waals surface area (Å²) in [5.41, 5.74) is 7.43. The monoisotopic (exact) mass is 304 g/mol. The van der Waals surface area contributed by atoms with Gasteiger partial charge in [-0.05, 0) is 0 Å². The molecule has 21 heavy (non-hydrogen) atoms. The molecule has 0 aliphatic rings. The highest BCUT2D eigenvalue weighted by Gasteiger charge is 2.18. The fraction of sp³-hybridized carbons (Fsp3) is 0.286. The van der Waals surface area contributed by atoms with Gasteiger partial charge in [0.2, 0.25) is 0 Å². The zero-order chi connectivity index (χ0) is 15.5. The Morgan fingerprint density at radius 2 is 2.00 bits per heavy atom. The van der Waals surface area contributed by atoms with Gasteiger partial charge in [0.25, 0.3) is 0 Å². The molecule has 0 aliphatic heterocycles. The lowest BCUT2D eigenvalue weighted by atomic mass is 10.1. The van der Waals surface area contributed by atoms with Crippen molar-refractivity contribution in [1.82, 2.24) is 9.78 Å². The van der Waals surface area contributed by atoms with Crippen LogP contribution in [0.1, 0.15) is 12.5 Å². The van der Waals surface area contributed by atoms with E-state index in [1.165, 1.54) is 4.68 Å². The molecule has 0 aliphatic carbocycles. The molecule has 2 aromatic rings. The van der Waals surface area contributed by atoms with Crippen molar-refractivity contribution in [1.29, 1.82) is 5.26 Å². The summed E-state index contributed by atoms with van der Waals surface area (Å²) in [6.45, 7) is 1.74. The molecule has 1 heterocycles. The largest absolute Gasteiger partial charge is 0.383 e. The number of nitriles is 1. The second-order valence-electron chi connectivity index (χ2n) is 4.55. The van der Waals surface area contributed by atoms with E-state index in [1.807, 2.05) is 36.4 Å². The Kier molecular flexibility index (Phi) is 4.29. The van der Waals surface area contributed by atoms with Gasteiger partial charge in [0.15, 0.2) is 9.84 Å². The van der Waals surface area contributed by atoms with Crippen LogP contribution in [0.25, 0.3) is 11.3 Å². The van der Waals surface area contributed by atoms with E-state index in [0.717, 1.165) is 5.56 Å². The summed E-state index contributed by atoms with van der Waals surface area (Å²) in [5.74, 6) is 0.224. The number of anilines is 1. The Hall–Kier alpha value is -2.33. The van der Waals surface area contributed by atoms with Crippen molar-refractivity contribution in [3.05, 3.63) is 35.9 Å². The number of rotatable bonds is 5. The summed E-state index contributed by atoms with van der Waals surface area (Å²) in [6.07, 6.45) is 0. The van der Waals surface area contributed by atoms with Gasteiger partial charge in [-0.25, -0.2) is 13.1 Å². The van der Waals surface area contributed by atoms with Gasteiger partial charge >= 0.3 is 0 Å². The predicted octanol–water partition coefficient (Wildman–Crippen LogP) is 1.44. The SMILES string of the molecule is CCS(=O)(=O)CCn1nc(-c2ccccc2)c(C#N)c1N. The van der Waals surface area contributed by atoms with Crippen LogP contribution in [0, 0.1) is 11.3 Å². The third kappa shape index (κ3) is 3.23. The number of aryl methyl sites for hydroxylation is 1.